The van der Waals surface area contributed by atoms with Crippen molar-refractivity contribution in [2.24, 2.45) is 5.92 Å². The van der Waals surface area contributed by atoms with Gasteiger partial charge in [-0.2, -0.15) is 0 Å². The SMILES string of the molecule is BrCCOC[C@@H]1CCOC1. The Morgan fingerprint density at radius 1 is 1.60 bits per heavy atom. The molecule has 0 N–H and O–H groups in total. The van der Waals surface area contributed by atoms with Crippen molar-refractivity contribution in [1.82, 2.24) is 0 Å². The fourth-order valence-electron chi connectivity index (χ4n) is 1.02. The topological polar surface area (TPSA) is 18.5 Å². The fraction of sp³-hybridized carbons (Fsp3) is 1.00. The lowest BCUT2D eigenvalue weighted by Crippen LogP contribution is -2.10. The fourth-order valence-corrected chi connectivity index (χ4v) is 1.25. The normalized spacial score (nSPS) is 25.5. The van der Waals surface area contributed by atoms with E-state index in [4.69, 9.17) is 9.47 Å². The molecule has 1 saturated heterocycles. The highest BCUT2D eigenvalue weighted by Crippen LogP contribution is 2.11. The van der Waals surface area contributed by atoms with Gasteiger partial charge in [-0.25, -0.2) is 0 Å². The van der Waals surface area contributed by atoms with Crippen LogP contribution in [-0.4, -0.2) is 31.8 Å². The van der Waals surface area contributed by atoms with Crippen LogP contribution in [0.2, 0.25) is 0 Å². The Balaban J connectivity index is 1.91. The molecule has 1 aliphatic rings. The van der Waals surface area contributed by atoms with Gasteiger partial charge >= 0.3 is 0 Å². The summed E-state index contributed by atoms with van der Waals surface area (Å²) in [7, 11) is 0. The van der Waals surface area contributed by atoms with Crippen LogP contribution < -0.4 is 0 Å². The van der Waals surface area contributed by atoms with E-state index in [1.165, 1.54) is 6.42 Å². The zero-order chi connectivity index (χ0) is 7.23. The summed E-state index contributed by atoms with van der Waals surface area (Å²) >= 11 is 3.30. The Hall–Kier alpha value is 0.400. The average Bonchev–Trinajstić information content (AvgIpc) is 2.41. The molecule has 1 rings (SSSR count). The molecular formula is C7H13BrO2. The van der Waals surface area contributed by atoms with Crippen molar-refractivity contribution >= 4 is 15.9 Å². The lowest BCUT2D eigenvalue weighted by molar-refractivity contribution is 0.101. The molecule has 2 nitrogen and oxygen atoms in total. The monoisotopic (exact) mass is 208 g/mol. The van der Waals surface area contributed by atoms with Gasteiger partial charge in [0.1, 0.15) is 0 Å². The first-order valence-electron chi connectivity index (χ1n) is 3.65. The summed E-state index contributed by atoms with van der Waals surface area (Å²) in [5, 5.41) is 0.931. The Morgan fingerprint density at radius 3 is 3.10 bits per heavy atom. The van der Waals surface area contributed by atoms with Crippen LogP contribution in [0.3, 0.4) is 0 Å². The first-order chi connectivity index (χ1) is 4.93. The number of halogens is 1. The van der Waals surface area contributed by atoms with Gasteiger partial charge in [0, 0.05) is 17.9 Å². The van der Waals surface area contributed by atoms with E-state index in [2.05, 4.69) is 15.9 Å². The van der Waals surface area contributed by atoms with E-state index in [1.807, 2.05) is 0 Å². The second kappa shape index (κ2) is 5.10. The van der Waals surface area contributed by atoms with Crippen LogP contribution >= 0.6 is 15.9 Å². The molecule has 1 aliphatic heterocycles. The Bertz CT molecular complexity index is 81.7. The molecule has 1 atom stereocenters. The highest BCUT2D eigenvalue weighted by atomic mass is 79.9. The van der Waals surface area contributed by atoms with E-state index in [0.29, 0.717) is 5.92 Å². The zero-order valence-corrected chi connectivity index (χ0v) is 7.60. The molecule has 0 bridgehead atoms. The molecule has 60 valence electrons. The van der Waals surface area contributed by atoms with Gasteiger partial charge < -0.3 is 9.47 Å². The molecule has 0 spiro atoms. The van der Waals surface area contributed by atoms with Crippen molar-refractivity contribution < 1.29 is 9.47 Å². The van der Waals surface area contributed by atoms with Gasteiger partial charge in [-0.05, 0) is 6.42 Å². The third-order valence-electron chi connectivity index (χ3n) is 1.60. The number of rotatable bonds is 4. The van der Waals surface area contributed by atoms with E-state index in [0.717, 1.165) is 31.8 Å². The van der Waals surface area contributed by atoms with Crippen molar-refractivity contribution in [2.45, 2.75) is 6.42 Å². The maximum Gasteiger partial charge on any atom is 0.0563 e. The van der Waals surface area contributed by atoms with Crippen LogP contribution in [0.5, 0.6) is 0 Å². The summed E-state index contributed by atoms with van der Waals surface area (Å²) in [4.78, 5) is 0. The van der Waals surface area contributed by atoms with Crippen LogP contribution in [0.1, 0.15) is 6.42 Å². The molecule has 0 aromatic heterocycles. The lowest BCUT2D eigenvalue weighted by atomic mass is 10.1. The Kier molecular flexibility index (Phi) is 4.34. The van der Waals surface area contributed by atoms with E-state index in [1.54, 1.807) is 0 Å². The summed E-state index contributed by atoms with van der Waals surface area (Å²) in [5.74, 6) is 0.652. The van der Waals surface area contributed by atoms with Crippen LogP contribution in [0.15, 0.2) is 0 Å². The maximum atomic E-state index is 5.34. The minimum atomic E-state index is 0.652. The molecule has 1 fully saturated rings. The lowest BCUT2D eigenvalue weighted by Gasteiger charge is -2.06. The van der Waals surface area contributed by atoms with E-state index in [9.17, 15) is 0 Å². The minimum absolute atomic E-state index is 0.652. The molecule has 0 aromatic carbocycles. The van der Waals surface area contributed by atoms with Gasteiger partial charge in [0.05, 0.1) is 19.8 Å². The minimum Gasteiger partial charge on any atom is -0.381 e. The second-order valence-corrected chi connectivity index (χ2v) is 3.29. The molecule has 1 heterocycles. The molecule has 0 radical (unpaired) electrons. The van der Waals surface area contributed by atoms with Gasteiger partial charge in [-0.1, -0.05) is 15.9 Å². The van der Waals surface area contributed by atoms with Crippen molar-refractivity contribution in [3.05, 3.63) is 0 Å². The quantitative estimate of drug-likeness (QED) is 0.515. The molecule has 0 unspecified atom stereocenters. The van der Waals surface area contributed by atoms with Gasteiger partial charge in [0.2, 0.25) is 0 Å². The Morgan fingerprint density at radius 2 is 2.50 bits per heavy atom. The first-order valence-corrected chi connectivity index (χ1v) is 4.77. The second-order valence-electron chi connectivity index (χ2n) is 2.49. The first kappa shape index (κ1) is 8.50. The van der Waals surface area contributed by atoms with Crippen LogP contribution in [0.25, 0.3) is 0 Å². The predicted octanol–water partition coefficient (Wildman–Crippen LogP) is 1.43. The number of hydrogen-bond acceptors (Lipinski definition) is 2. The van der Waals surface area contributed by atoms with E-state index >= 15 is 0 Å². The third-order valence-corrected chi connectivity index (χ3v) is 1.92. The highest BCUT2D eigenvalue weighted by molar-refractivity contribution is 9.09. The number of hydrogen-bond donors (Lipinski definition) is 0. The van der Waals surface area contributed by atoms with E-state index < -0.39 is 0 Å². The zero-order valence-electron chi connectivity index (χ0n) is 6.01. The average molecular weight is 209 g/mol. The number of ether oxygens (including phenoxy) is 2. The Labute approximate surface area is 70.0 Å². The van der Waals surface area contributed by atoms with Crippen LogP contribution in [0.4, 0.5) is 0 Å². The summed E-state index contributed by atoms with van der Waals surface area (Å²) in [6.07, 6.45) is 1.17. The molecular weight excluding hydrogens is 196 g/mol. The van der Waals surface area contributed by atoms with Gasteiger partial charge in [0.25, 0.3) is 0 Å². The maximum absolute atomic E-state index is 5.34. The molecule has 0 aliphatic carbocycles. The standard InChI is InChI=1S/C7H13BrO2/c8-2-4-10-6-7-1-3-9-5-7/h7H,1-6H2/t7-/m1/s1. The highest BCUT2D eigenvalue weighted by Gasteiger charge is 2.14. The van der Waals surface area contributed by atoms with Crippen molar-refractivity contribution in [3.8, 4) is 0 Å². The summed E-state index contributed by atoms with van der Waals surface area (Å²) in [6, 6.07) is 0. The molecule has 3 heteroatoms. The van der Waals surface area contributed by atoms with Crippen molar-refractivity contribution in [3.63, 3.8) is 0 Å². The largest absolute Gasteiger partial charge is 0.381 e. The van der Waals surface area contributed by atoms with Gasteiger partial charge in [-0.3, -0.25) is 0 Å². The molecule has 0 amide bonds. The molecule has 10 heavy (non-hydrogen) atoms. The van der Waals surface area contributed by atoms with Gasteiger partial charge in [-0.15, -0.1) is 0 Å². The van der Waals surface area contributed by atoms with Crippen molar-refractivity contribution in [1.29, 1.82) is 0 Å². The smallest absolute Gasteiger partial charge is 0.0563 e. The number of alkyl halides is 1. The van der Waals surface area contributed by atoms with Crippen LogP contribution in [0, 0.1) is 5.92 Å². The predicted molar refractivity (Wildman–Crippen MR) is 43.5 cm³/mol. The molecule has 0 aromatic rings. The molecule has 0 saturated carbocycles. The van der Waals surface area contributed by atoms with Crippen molar-refractivity contribution in [2.75, 3.05) is 31.8 Å². The van der Waals surface area contributed by atoms with Gasteiger partial charge in [0.15, 0.2) is 0 Å². The summed E-state index contributed by atoms with van der Waals surface area (Å²) in [6.45, 7) is 3.49. The summed E-state index contributed by atoms with van der Waals surface area (Å²) in [5.41, 5.74) is 0. The van der Waals surface area contributed by atoms with E-state index in [-0.39, 0.29) is 0 Å². The van der Waals surface area contributed by atoms with Crippen LogP contribution in [-0.2, 0) is 9.47 Å². The summed E-state index contributed by atoms with van der Waals surface area (Å²) < 4.78 is 10.5. The third kappa shape index (κ3) is 2.99.